The van der Waals surface area contributed by atoms with Crippen LogP contribution in [0.3, 0.4) is 0 Å². The molecule has 0 heterocycles. The Balaban J connectivity index is 2.09. The van der Waals surface area contributed by atoms with Crippen LogP contribution in [0.1, 0.15) is 6.42 Å². The maximum atomic E-state index is 3.35. The van der Waals surface area contributed by atoms with Gasteiger partial charge in [-0.25, -0.2) is 0 Å². The van der Waals surface area contributed by atoms with E-state index in [1.54, 1.807) is 0 Å². The molecule has 2 atom stereocenters. The van der Waals surface area contributed by atoms with Gasteiger partial charge in [0.2, 0.25) is 0 Å². The first kappa shape index (κ1) is 7.14. The molecule has 0 aliphatic heterocycles. The second-order valence-corrected chi connectivity index (χ2v) is 3.72. The molecule has 0 nitrogen and oxygen atoms in total. The van der Waals surface area contributed by atoms with Gasteiger partial charge in [-0.3, -0.25) is 0 Å². The van der Waals surface area contributed by atoms with Gasteiger partial charge < -0.3 is 0 Å². The van der Waals surface area contributed by atoms with Crippen molar-refractivity contribution >= 4 is 0 Å². The normalized spacial score (nSPS) is 33.8. The van der Waals surface area contributed by atoms with E-state index in [1.165, 1.54) is 11.1 Å². The fraction of sp³-hybridized carbons (Fsp3) is 0.231. The molecule has 0 aromatic rings. The van der Waals surface area contributed by atoms with Crippen molar-refractivity contribution in [3.8, 4) is 0 Å². The van der Waals surface area contributed by atoms with Crippen LogP contribution in [0.25, 0.3) is 0 Å². The molecule has 0 aromatic carbocycles. The Labute approximate surface area is 78.7 Å². The highest BCUT2D eigenvalue weighted by atomic mass is 14.3. The van der Waals surface area contributed by atoms with Gasteiger partial charge in [0.05, 0.1) is 0 Å². The third-order valence-electron chi connectivity index (χ3n) is 2.96. The first-order valence-corrected chi connectivity index (χ1v) is 4.80. The van der Waals surface area contributed by atoms with Gasteiger partial charge in [0.1, 0.15) is 0 Å². The van der Waals surface area contributed by atoms with E-state index in [0.29, 0.717) is 11.8 Å². The van der Waals surface area contributed by atoms with Gasteiger partial charge in [-0.1, -0.05) is 42.5 Å². The molecule has 0 fully saturated rings. The molecule has 0 saturated heterocycles. The lowest BCUT2D eigenvalue weighted by molar-refractivity contribution is 0.612. The average Bonchev–Trinajstić information content (AvgIpc) is 2.65. The van der Waals surface area contributed by atoms with Gasteiger partial charge in [-0.15, -0.1) is 0 Å². The van der Waals surface area contributed by atoms with E-state index in [-0.39, 0.29) is 0 Å². The number of allylic oxidation sites excluding steroid dienone is 10. The Morgan fingerprint density at radius 3 is 3.23 bits per heavy atom. The Morgan fingerprint density at radius 2 is 2.23 bits per heavy atom. The van der Waals surface area contributed by atoms with E-state index in [2.05, 4.69) is 48.6 Å². The van der Waals surface area contributed by atoms with Crippen LogP contribution < -0.4 is 0 Å². The number of rotatable bonds is 0. The number of fused-ring (bicyclic) bond motifs is 3. The summed E-state index contributed by atoms with van der Waals surface area (Å²) in [7, 11) is 0. The van der Waals surface area contributed by atoms with Crippen LogP contribution in [0.4, 0.5) is 0 Å². The van der Waals surface area contributed by atoms with Crippen LogP contribution in [0, 0.1) is 17.9 Å². The lowest BCUT2D eigenvalue weighted by Crippen LogP contribution is -2.17. The van der Waals surface area contributed by atoms with Crippen LogP contribution in [-0.4, -0.2) is 0 Å². The van der Waals surface area contributed by atoms with Crippen LogP contribution in [-0.2, 0) is 0 Å². The Hall–Kier alpha value is -1.30. The zero-order chi connectivity index (χ0) is 8.67. The van der Waals surface area contributed by atoms with Gasteiger partial charge >= 0.3 is 0 Å². The SMILES string of the molecule is [C]1=CC2=CCC=CC2C2C=CC=C12. The van der Waals surface area contributed by atoms with Crippen molar-refractivity contribution in [2.75, 3.05) is 0 Å². The fourth-order valence-electron chi connectivity index (χ4n) is 2.28. The fourth-order valence-corrected chi connectivity index (χ4v) is 2.28. The van der Waals surface area contributed by atoms with E-state index in [1.807, 2.05) is 0 Å². The maximum Gasteiger partial charge on any atom is 0.0131 e. The minimum Gasteiger partial charge on any atom is -0.0841 e. The summed E-state index contributed by atoms with van der Waals surface area (Å²) in [5.74, 6) is 1.15. The smallest absolute Gasteiger partial charge is 0.0131 e. The predicted octanol–water partition coefficient (Wildman–Crippen LogP) is 2.97. The van der Waals surface area contributed by atoms with E-state index >= 15 is 0 Å². The lowest BCUT2D eigenvalue weighted by atomic mass is 9.76. The zero-order valence-corrected chi connectivity index (χ0v) is 7.40. The minimum atomic E-state index is 0.563. The summed E-state index contributed by atoms with van der Waals surface area (Å²) in [5.41, 5.74) is 2.78. The summed E-state index contributed by atoms with van der Waals surface area (Å²) >= 11 is 0. The third kappa shape index (κ3) is 0.983. The van der Waals surface area contributed by atoms with E-state index in [4.69, 9.17) is 0 Å². The first-order valence-electron chi connectivity index (χ1n) is 4.80. The molecule has 2 unspecified atom stereocenters. The monoisotopic (exact) mass is 167 g/mol. The molecule has 3 rings (SSSR count). The van der Waals surface area contributed by atoms with Gasteiger partial charge in [0.25, 0.3) is 0 Å². The van der Waals surface area contributed by atoms with Crippen LogP contribution in [0.15, 0.2) is 53.7 Å². The van der Waals surface area contributed by atoms with Gasteiger partial charge in [0.15, 0.2) is 0 Å². The molecule has 0 amide bonds. The molecule has 0 N–H and O–H groups in total. The van der Waals surface area contributed by atoms with Crippen molar-refractivity contribution in [2.45, 2.75) is 6.42 Å². The van der Waals surface area contributed by atoms with Crippen molar-refractivity contribution in [2.24, 2.45) is 11.8 Å². The van der Waals surface area contributed by atoms with Crippen molar-refractivity contribution < 1.29 is 0 Å². The highest BCUT2D eigenvalue weighted by Gasteiger charge is 2.28. The number of hydrogen-bond donors (Lipinski definition) is 0. The summed E-state index contributed by atoms with van der Waals surface area (Å²) in [6.45, 7) is 0. The molecule has 3 aliphatic carbocycles. The Bertz CT molecular complexity index is 375. The Kier molecular flexibility index (Phi) is 1.42. The summed E-state index contributed by atoms with van der Waals surface area (Å²) in [6, 6.07) is 0. The molecule has 63 valence electrons. The third-order valence-corrected chi connectivity index (χ3v) is 2.96. The quantitative estimate of drug-likeness (QED) is 0.486. The van der Waals surface area contributed by atoms with Crippen LogP contribution >= 0.6 is 0 Å². The van der Waals surface area contributed by atoms with Gasteiger partial charge in [-0.05, 0) is 23.6 Å². The van der Waals surface area contributed by atoms with Crippen molar-refractivity contribution in [3.63, 3.8) is 0 Å². The molecule has 0 heteroatoms. The van der Waals surface area contributed by atoms with E-state index in [9.17, 15) is 0 Å². The molecular formula is C13H11. The van der Waals surface area contributed by atoms with E-state index < -0.39 is 0 Å². The molecule has 3 aliphatic rings. The second-order valence-electron chi connectivity index (χ2n) is 3.72. The predicted molar refractivity (Wildman–Crippen MR) is 53.9 cm³/mol. The number of hydrogen-bond acceptors (Lipinski definition) is 0. The topological polar surface area (TPSA) is 0 Å². The second kappa shape index (κ2) is 2.59. The molecule has 0 bridgehead atoms. The summed E-state index contributed by atoms with van der Waals surface area (Å²) < 4.78 is 0. The zero-order valence-electron chi connectivity index (χ0n) is 7.40. The lowest BCUT2D eigenvalue weighted by Gasteiger charge is -2.27. The van der Waals surface area contributed by atoms with Crippen molar-refractivity contribution in [3.05, 3.63) is 59.8 Å². The highest BCUT2D eigenvalue weighted by Crippen LogP contribution is 2.39. The molecule has 0 aromatic heterocycles. The standard InChI is InChI=1S/C13H11/c1-2-6-12-10(4-1)8-9-11-5-3-7-13(11)12/h2-8,12-13H,1H2. The molecule has 0 spiro atoms. The summed E-state index contributed by atoms with van der Waals surface area (Å²) in [4.78, 5) is 0. The van der Waals surface area contributed by atoms with Gasteiger partial charge in [-0.2, -0.15) is 0 Å². The van der Waals surface area contributed by atoms with Crippen LogP contribution in [0.5, 0.6) is 0 Å². The molecule has 13 heavy (non-hydrogen) atoms. The molecule has 0 saturated carbocycles. The molecular weight excluding hydrogens is 156 g/mol. The maximum absolute atomic E-state index is 3.35. The van der Waals surface area contributed by atoms with Crippen LogP contribution in [0.2, 0.25) is 0 Å². The Morgan fingerprint density at radius 1 is 1.23 bits per heavy atom. The highest BCUT2D eigenvalue weighted by molar-refractivity contribution is 5.45. The van der Waals surface area contributed by atoms with E-state index in [0.717, 1.165) is 6.42 Å². The average molecular weight is 167 g/mol. The summed E-state index contributed by atoms with van der Waals surface area (Å²) in [5, 5.41) is 0. The van der Waals surface area contributed by atoms with Gasteiger partial charge in [0, 0.05) is 11.8 Å². The van der Waals surface area contributed by atoms with Crippen molar-refractivity contribution in [1.29, 1.82) is 0 Å². The molecule has 1 radical (unpaired) electrons. The largest absolute Gasteiger partial charge is 0.0841 e. The van der Waals surface area contributed by atoms with Crippen molar-refractivity contribution in [1.82, 2.24) is 0 Å². The first-order chi connectivity index (χ1) is 6.45. The minimum absolute atomic E-state index is 0.563. The summed E-state index contributed by atoms with van der Waals surface area (Å²) in [6.07, 6.45) is 20.1.